The molecule has 4 N–H and O–H groups in total. The van der Waals surface area contributed by atoms with Crippen LogP contribution >= 0.6 is 23.5 Å². The van der Waals surface area contributed by atoms with Gasteiger partial charge in [0.05, 0.1) is 33.0 Å². The Balaban J connectivity index is -0.00000140. The van der Waals surface area contributed by atoms with E-state index in [1.54, 1.807) is 0 Å². The molecule has 0 aromatic heterocycles. The van der Waals surface area contributed by atoms with E-state index in [-0.39, 0.29) is 28.8 Å². The van der Waals surface area contributed by atoms with Crippen LogP contribution in [0.4, 0.5) is 8.96 Å². The largest absolute Gasteiger partial charge is 0.756 e. The second-order valence-electron chi connectivity index (χ2n) is 5.51. The summed E-state index contributed by atoms with van der Waals surface area (Å²) in [5.74, 6) is -2.05. The molecule has 0 heterocycles. The molecule has 5 unspecified atom stereocenters. The number of nitrogens with one attached hydrogen (secondary N) is 2. The smallest absolute Gasteiger partial charge is 0.267 e. The Morgan fingerprint density at radius 1 is 0.727 bits per heavy atom. The Morgan fingerprint density at radius 3 is 1.45 bits per heavy atom. The predicted octanol–water partition coefficient (Wildman–Crippen LogP) is -0.452. The summed E-state index contributed by atoms with van der Waals surface area (Å²) >= 11 is 0. The standard InChI is InChI=1S/C10H25F2N2O13P3.3CH4/c11-13-3-9(5-15)6-26-29(19,20)23-1-2-24-30(21,22)27-8-10(4-14-12)7-25-28(16,17)18;;;/h9-10,13-15H,1-8H2,(H,19,20)(H,21,22)(H2,16,17,18);3*1H4/p-3. The van der Waals surface area contributed by atoms with Crippen LogP contribution in [0.5, 0.6) is 0 Å². The fraction of sp³-hybridized carbons (Fsp3) is 1.00. The monoisotopic (exact) mass is 557 g/mol. The molecule has 5 atom stereocenters. The van der Waals surface area contributed by atoms with Crippen LogP contribution in [-0.4, -0.2) is 62.7 Å². The lowest BCUT2D eigenvalue weighted by Gasteiger charge is -2.27. The third kappa shape index (κ3) is 23.6. The van der Waals surface area contributed by atoms with E-state index in [4.69, 9.17) is 10.00 Å². The van der Waals surface area contributed by atoms with Crippen molar-refractivity contribution in [2.45, 2.75) is 22.3 Å². The van der Waals surface area contributed by atoms with E-state index in [1.165, 1.54) is 5.54 Å². The molecule has 20 heteroatoms. The van der Waals surface area contributed by atoms with Crippen LogP contribution in [0, 0.1) is 11.8 Å². The summed E-state index contributed by atoms with van der Waals surface area (Å²) < 4.78 is 78.9. The van der Waals surface area contributed by atoms with E-state index in [0.29, 0.717) is 0 Å². The quantitative estimate of drug-likeness (QED) is 0.0895. The highest BCUT2D eigenvalue weighted by Crippen LogP contribution is 2.41. The molecule has 0 aliphatic carbocycles. The van der Waals surface area contributed by atoms with Gasteiger partial charge < -0.3 is 47.3 Å². The zero-order chi connectivity index (χ0) is 23.3. The van der Waals surface area contributed by atoms with Gasteiger partial charge in [0.25, 0.3) is 23.5 Å². The molecule has 0 aromatic rings. The Kier molecular flexibility index (Phi) is 24.7. The maximum Gasteiger partial charge on any atom is 0.267 e. The van der Waals surface area contributed by atoms with Crippen molar-refractivity contribution in [3.05, 3.63) is 0 Å². The zero-order valence-electron chi connectivity index (χ0n) is 15.3. The first kappa shape index (κ1) is 40.2. The summed E-state index contributed by atoms with van der Waals surface area (Å²) in [5, 5.41) is 8.86. The number of hydrogen-bond donors (Lipinski definition) is 4. The van der Waals surface area contributed by atoms with Gasteiger partial charge in [-0.3, -0.25) is 13.7 Å². The molecule has 0 aromatic carbocycles. The minimum Gasteiger partial charge on any atom is -0.756 e. The van der Waals surface area contributed by atoms with Crippen LogP contribution in [0.3, 0.4) is 0 Å². The van der Waals surface area contributed by atoms with Gasteiger partial charge in [-0.15, -0.1) is 8.96 Å². The van der Waals surface area contributed by atoms with E-state index < -0.39 is 81.5 Å². The summed E-state index contributed by atoms with van der Waals surface area (Å²) in [7, 11) is -15.0. The maximum absolute atomic E-state index is 12.2. The minimum atomic E-state index is -5.12. The summed E-state index contributed by atoms with van der Waals surface area (Å²) in [5.41, 5.74) is 2.36. The fourth-order valence-electron chi connectivity index (χ4n) is 1.53. The third-order valence-corrected chi connectivity index (χ3v) is 5.39. The summed E-state index contributed by atoms with van der Waals surface area (Å²) in [4.78, 5) is 41.9. The summed E-state index contributed by atoms with van der Waals surface area (Å²) in [6.07, 6.45) is 0. The molecule has 0 bridgehead atoms. The van der Waals surface area contributed by atoms with Gasteiger partial charge in [-0.05, 0) is 0 Å². The van der Waals surface area contributed by atoms with Gasteiger partial charge in [0, 0.05) is 31.5 Å². The summed E-state index contributed by atoms with van der Waals surface area (Å²) in [6.45, 7) is -5.41. The van der Waals surface area contributed by atoms with E-state index >= 15 is 0 Å². The van der Waals surface area contributed by atoms with Gasteiger partial charge >= 0.3 is 0 Å². The van der Waals surface area contributed by atoms with Gasteiger partial charge in [-0.1, -0.05) is 22.3 Å². The van der Waals surface area contributed by atoms with Crippen molar-refractivity contribution < 1.29 is 70.0 Å². The van der Waals surface area contributed by atoms with E-state index in [9.17, 15) is 37.3 Å². The van der Waals surface area contributed by atoms with Gasteiger partial charge in [-0.25, -0.2) is 0 Å². The predicted molar refractivity (Wildman–Crippen MR) is 107 cm³/mol. The maximum atomic E-state index is 12.2. The van der Waals surface area contributed by atoms with Crippen molar-refractivity contribution in [1.29, 1.82) is 0 Å². The van der Waals surface area contributed by atoms with E-state index in [1.807, 2.05) is 0 Å². The average Bonchev–Trinajstić information content (AvgIpc) is 2.64. The second kappa shape index (κ2) is 20.3. The third-order valence-electron chi connectivity index (χ3n) is 2.98. The van der Waals surface area contributed by atoms with Crippen molar-refractivity contribution in [3.63, 3.8) is 0 Å². The molecule has 0 rings (SSSR count). The molecule has 0 radical (unpaired) electrons. The number of aliphatic hydroxyl groups is 1. The number of phosphoric ester groups is 3. The van der Waals surface area contributed by atoms with Gasteiger partial charge in [0.2, 0.25) is 0 Å². The molecule has 0 saturated carbocycles. The first-order valence-corrected chi connectivity index (χ1v) is 12.4. The highest BCUT2D eigenvalue weighted by atomic mass is 31.2. The average molecular weight is 557 g/mol. The van der Waals surface area contributed by atoms with Crippen molar-refractivity contribution in [3.8, 4) is 0 Å². The molecular formula is C13H34F2N2O13P3-3. The Morgan fingerprint density at radius 2 is 1.09 bits per heavy atom. The molecule has 0 saturated heterocycles. The highest BCUT2D eigenvalue weighted by molar-refractivity contribution is 7.46. The van der Waals surface area contributed by atoms with Gasteiger partial charge in [-0.2, -0.15) is 11.1 Å². The van der Waals surface area contributed by atoms with Gasteiger partial charge in [0.15, 0.2) is 0 Å². The molecule has 206 valence electrons. The molecule has 33 heavy (non-hydrogen) atoms. The molecule has 0 aliphatic heterocycles. The summed E-state index contributed by atoms with van der Waals surface area (Å²) in [6, 6.07) is 0. The van der Waals surface area contributed by atoms with Crippen LogP contribution in [0.15, 0.2) is 0 Å². The van der Waals surface area contributed by atoms with Gasteiger partial charge in [0.1, 0.15) is 0 Å². The number of aliphatic hydroxyl groups excluding tert-OH is 1. The fourth-order valence-corrected chi connectivity index (χ4v) is 3.46. The van der Waals surface area contributed by atoms with Crippen LogP contribution in [0.25, 0.3) is 0 Å². The molecule has 0 amide bonds. The highest BCUT2D eigenvalue weighted by Gasteiger charge is 2.19. The van der Waals surface area contributed by atoms with Crippen molar-refractivity contribution >= 4 is 23.5 Å². The zero-order valence-corrected chi connectivity index (χ0v) is 18.0. The first-order valence-electron chi connectivity index (χ1n) is 8.00. The van der Waals surface area contributed by atoms with Crippen LogP contribution in [0.2, 0.25) is 0 Å². The Labute approximate surface area is 192 Å². The molecular weight excluding hydrogens is 523 g/mol. The van der Waals surface area contributed by atoms with Crippen molar-refractivity contribution in [2.24, 2.45) is 11.8 Å². The first-order chi connectivity index (χ1) is 13.8. The van der Waals surface area contributed by atoms with Crippen molar-refractivity contribution in [2.75, 3.05) is 52.7 Å². The molecule has 0 fully saturated rings. The lowest BCUT2D eigenvalue weighted by molar-refractivity contribution is -0.234. The lowest BCUT2D eigenvalue weighted by atomic mass is 10.2. The number of rotatable bonds is 19. The van der Waals surface area contributed by atoms with Crippen LogP contribution in [0.1, 0.15) is 22.3 Å². The Bertz CT molecular complexity index is 616. The van der Waals surface area contributed by atoms with Crippen molar-refractivity contribution in [1.82, 2.24) is 11.1 Å². The molecule has 0 spiro atoms. The SMILES string of the molecule is C.C.C.O=P([O-])(O)OCC(CNF)COP(=O)([O-])OCCOP(=O)([O-])OCC(CO)CNF. The number of phosphoric acid groups is 3. The van der Waals surface area contributed by atoms with E-state index in [2.05, 4.69) is 22.6 Å². The topological polar surface area (TPSA) is 231 Å². The molecule has 0 aliphatic rings. The second-order valence-corrected chi connectivity index (χ2v) is 9.52. The van der Waals surface area contributed by atoms with Crippen LogP contribution < -0.4 is 25.8 Å². The van der Waals surface area contributed by atoms with E-state index in [0.717, 1.165) is 5.54 Å². The Hall–Kier alpha value is 0.0700. The minimum absolute atomic E-state index is 0. The number of halogens is 2. The normalized spacial score (nSPS) is 18.3. The lowest BCUT2D eigenvalue weighted by Crippen LogP contribution is -2.27. The van der Waals surface area contributed by atoms with Crippen LogP contribution in [-0.2, 0) is 36.3 Å². The molecule has 15 nitrogen and oxygen atoms in total. The number of hydrogen-bond acceptors (Lipinski definition) is 14.